The Morgan fingerprint density at radius 2 is 1.52 bits per heavy atom. The van der Waals surface area contributed by atoms with Gasteiger partial charge in [-0.15, -0.1) is 0 Å². The second-order valence-corrected chi connectivity index (χ2v) is 10.5. The normalized spacial score (nSPS) is 44.5. The van der Waals surface area contributed by atoms with Gasteiger partial charge in [0.05, 0.1) is 6.61 Å². The van der Waals surface area contributed by atoms with E-state index in [4.69, 9.17) is 14.5 Å². The van der Waals surface area contributed by atoms with Gasteiger partial charge < -0.3 is 9.64 Å². The van der Waals surface area contributed by atoms with Crippen molar-refractivity contribution < 1.29 is 14.5 Å². The first-order chi connectivity index (χ1) is 14.1. The van der Waals surface area contributed by atoms with Crippen LogP contribution in [-0.2, 0) is 14.5 Å². The molecule has 29 heavy (non-hydrogen) atoms. The topological polar surface area (TPSA) is 34.2 Å². The van der Waals surface area contributed by atoms with Gasteiger partial charge in [-0.2, -0.15) is 4.89 Å². The van der Waals surface area contributed by atoms with Crippen molar-refractivity contribution in [2.24, 2.45) is 23.7 Å². The Labute approximate surface area is 174 Å². The molecule has 2 saturated heterocycles. The Kier molecular flexibility index (Phi) is 4.46. The van der Waals surface area contributed by atoms with Crippen molar-refractivity contribution in [3.05, 3.63) is 30.3 Å². The molecule has 4 saturated carbocycles. The maximum absolute atomic E-state index is 6.61. The van der Waals surface area contributed by atoms with Crippen LogP contribution < -0.4 is 4.90 Å². The van der Waals surface area contributed by atoms with Crippen LogP contribution in [0.3, 0.4) is 0 Å². The first-order valence-electron chi connectivity index (χ1n) is 11.7. The van der Waals surface area contributed by atoms with E-state index < -0.39 is 5.79 Å². The lowest BCUT2D eigenvalue weighted by molar-refractivity contribution is -0.543. The molecule has 2 heterocycles. The van der Waals surface area contributed by atoms with Crippen molar-refractivity contribution in [3.8, 4) is 0 Å². The molecule has 6 aliphatic rings. The monoisotopic (exact) mass is 398 g/mol. The van der Waals surface area contributed by atoms with Gasteiger partial charge in [-0.1, -0.05) is 18.2 Å². The number of ether oxygens (including phenoxy) is 1. The average Bonchev–Trinajstić information content (AvgIpc) is 2.74. The summed E-state index contributed by atoms with van der Waals surface area (Å²) < 4.78 is 6.61. The predicted octanol–water partition coefficient (Wildman–Crippen LogP) is 3.70. The molecule has 5 heteroatoms. The molecule has 0 radical (unpaired) electrons. The van der Waals surface area contributed by atoms with Crippen molar-refractivity contribution >= 4 is 5.69 Å². The van der Waals surface area contributed by atoms with Crippen LogP contribution in [-0.4, -0.2) is 55.6 Å². The zero-order valence-corrected chi connectivity index (χ0v) is 17.6. The number of para-hydroxylation sites is 1. The predicted molar refractivity (Wildman–Crippen MR) is 111 cm³/mol. The van der Waals surface area contributed by atoms with Gasteiger partial charge in [0.2, 0.25) is 5.79 Å². The highest BCUT2D eigenvalue weighted by Gasteiger charge is 2.62. The molecule has 5 nitrogen and oxygen atoms in total. The average molecular weight is 399 g/mol. The number of anilines is 1. The van der Waals surface area contributed by atoms with Crippen LogP contribution >= 0.6 is 0 Å². The van der Waals surface area contributed by atoms with E-state index in [2.05, 4.69) is 47.1 Å². The van der Waals surface area contributed by atoms with Crippen molar-refractivity contribution in [2.45, 2.75) is 50.4 Å². The van der Waals surface area contributed by atoms with Gasteiger partial charge in [-0.05, 0) is 63.0 Å². The highest BCUT2D eigenvalue weighted by molar-refractivity contribution is 5.46. The maximum Gasteiger partial charge on any atom is 0.207 e. The summed E-state index contributed by atoms with van der Waals surface area (Å²) in [5, 5.41) is 0. The highest BCUT2D eigenvalue weighted by atomic mass is 17.2. The third-order valence-electron chi connectivity index (χ3n) is 8.30. The van der Waals surface area contributed by atoms with Gasteiger partial charge in [0.1, 0.15) is 5.60 Å². The quantitative estimate of drug-likeness (QED) is 0.726. The van der Waals surface area contributed by atoms with E-state index in [1.165, 1.54) is 37.8 Å². The molecule has 0 N–H and O–H groups in total. The number of rotatable bonds is 3. The van der Waals surface area contributed by atoms with E-state index in [-0.39, 0.29) is 5.60 Å². The van der Waals surface area contributed by atoms with Crippen LogP contribution in [0.4, 0.5) is 5.69 Å². The first kappa shape index (κ1) is 18.6. The molecule has 7 rings (SSSR count). The highest BCUT2D eigenvalue weighted by Crippen LogP contribution is 2.61. The summed E-state index contributed by atoms with van der Waals surface area (Å²) in [5.74, 6) is 2.45. The lowest BCUT2D eigenvalue weighted by Crippen LogP contribution is -2.66. The fourth-order valence-corrected chi connectivity index (χ4v) is 7.04. The molecule has 4 bridgehead atoms. The molecular formula is C24H34N2O3. The van der Waals surface area contributed by atoms with E-state index in [0.717, 1.165) is 44.6 Å². The minimum Gasteiger partial charge on any atom is -0.369 e. The number of benzene rings is 1. The van der Waals surface area contributed by atoms with Crippen LogP contribution in [0.15, 0.2) is 30.3 Å². The summed E-state index contributed by atoms with van der Waals surface area (Å²) in [6.45, 7) is 7.87. The molecule has 1 aromatic rings. The van der Waals surface area contributed by atoms with Gasteiger partial charge in [0.25, 0.3) is 0 Å². The van der Waals surface area contributed by atoms with E-state index in [1.807, 2.05) is 0 Å². The lowest BCUT2D eigenvalue weighted by atomic mass is 9.53. The van der Waals surface area contributed by atoms with E-state index in [1.54, 1.807) is 0 Å². The molecule has 158 valence electrons. The number of piperazine rings is 1. The zero-order chi connectivity index (χ0) is 19.5. The lowest BCUT2D eigenvalue weighted by Gasteiger charge is -2.61. The van der Waals surface area contributed by atoms with E-state index in [9.17, 15) is 0 Å². The third kappa shape index (κ3) is 3.21. The Morgan fingerprint density at radius 1 is 0.862 bits per heavy atom. The summed E-state index contributed by atoms with van der Waals surface area (Å²) in [5.41, 5.74) is 0.942. The third-order valence-corrected chi connectivity index (χ3v) is 8.30. The van der Waals surface area contributed by atoms with E-state index >= 15 is 0 Å². The fourth-order valence-electron chi connectivity index (χ4n) is 7.04. The molecule has 4 aliphatic carbocycles. The molecule has 0 aromatic heterocycles. The smallest absolute Gasteiger partial charge is 0.207 e. The summed E-state index contributed by atoms with van der Waals surface area (Å²) in [6, 6.07) is 10.7. The van der Waals surface area contributed by atoms with Gasteiger partial charge in [0.15, 0.2) is 0 Å². The van der Waals surface area contributed by atoms with Gasteiger partial charge in [0, 0.05) is 50.2 Å². The zero-order valence-electron chi connectivity index (χ0n) is 17.6. The standard InChI is InChI=1S/C24H34N2O3/c1-23(16-25-7-9-26(10-8-25)22-5-3-2-4-6-22)17-27-24(29-28-23)20-12-18-11-19(14-20)15-21(24)13-18/h2-6,18-21H,7-17H2,1H3. The minimum absolute atomic E-state index is 0.380. The van der Waals surface area contributed by atoms with Gasteiger partial charge in [-0.3, -0.25) is 4.90 Å². The summed E-state index contributed by atoms with van der Waals surface area (Å²) in [7, 11) is 0. The molecule has 1 unspecified atom stereocenters. The summed E-state index contributed by atoms with van der Waals surface area (Å²) in [4.78, 5) is 17.4. The molecule has 0 amide bonds. The van der Waals surface area contributed by atoms with Crippen molar-refractivity contribution in [1.82, 2.24) is 4.90 Å². The maximum atomic E-state index is 6.61. The van der Waals surface area contributed by atoms with Crippen LogP contribution in [0.2, 0.25) is 0 Å². The number of hydrogen-bond donors (Lipinski definition) is 0. The Morgan fingerprint density at radius 3 is 2.10 bits per heavy atom. The van der Waals surface area contributed by atoms with Crippen LogP contribution in [0.1, 0.15) is 39.0 Å². The van der Waals surface area contributed by atoms with Crippen molar-refractivity contribution in [1.29, 1.82) is 0 Å². The number of nitrogens with zero attached hydrogens (tertiary/aromatic N) is 2. The van der Waals surface area contributed by atoms with Crippen LogP contribution in [0, 0.1) is 23.7 Å². The molecule has 2 aliphatic heterocycles. The largest absolute Gasteiger partial charge is 0.369 e. The Bertz CT molecular complexity index is 693. The summed E-state index contributed by atoms with van der Waals surface area (Å²) >= 11 is 0. The first-order valence-corrected chi connectivity index (χ1v) is 11.7. The second kappa shape index (κ2) is 6.94. The SMILES string of the molecule is CC1(CN2CCN(c3ccccc3)CC2)COC2(OO1)C1CC3CC(C1)CC2C3. The van der Waals surface area contributed by atoms with Crippen LogP contribution in [0.5, 0.6) is 0 Å². The number of hydrogen-bond acceptors (Lipinski definition) is 5. The van der Waals surface area contributed by atoms with Crippen molar-refractivity contribution in [3.63, 3.8) is 0 Å². The Balaban J connectivity index is 1.06. The molecule has 1 aromatic carbocycles. The molecule has 6 fully saturated rings. The van der Waals surface area contributed by atoms with E-state index in [0.29, 0.717) is 18.4 Å². The van der Waals surface area contributed by atoms with Gasteiger partial charge in [-0.25, -0.2) is 4.89 Å². The second-order valence-electron chi connectivity index (χ2n) is 10.5. The fraction of sp³-hybridized carbons (Fsp3) is 0.750. The minimum atomic E-state index is -0.445. The molecule has 1 spiro atoms. The molecule has 1 atom stereocenters. The van der Waals surface area contributed by atoms with Gasteiger partial charge >= 0.3 is 0 Å². The molecular weight excluding hydrogens is 364 g/mol. The Hall–Kier alpha value is -1.14. The summed E-state index contributed by atoms with van der Waals surface area (Å²) in [6.07, 6.45) is 6.53. The van der Waals surface area contributed by atoms with Crippen molar-refractivity contribution in [2.75, 3.05) is 44.2 Å². The van der Waals surface area contributed by atoms with Crippen LogP contribution in [0.25, 0.3) is 0 Å².